The van der Waals surface area contributed by atoms with Gasteiger partial charge in [0.1, 0.15) is 16.5 Å². The van der Waals surface area contributed by atoms with Crippen LogP contribution < -0.4 is 5.32 Å². The Hall–Kier alpha value is -3.83. The standard InChI is InChI=1S/C29H21FN2OS/c30-21-15-13-20(14-16-21)26-29(32-27(33)23-12-6-10-18-9-4-5-11-22(18)23)34-28(31-26)25-17-24(25)19-7-2-1-3-8-19/h1-16,24-25H,17H2,(H,32,33). The predicted molar refractivity (Wildman–Crippen MR) is 136 cm³/mol. The number of fused-ring (bicyclic) bond motifs is 1. The summed E-state index contributed by atoms with van der Waals surface area (Å²) in [6.45, 7) is 0. The second kappa shape index (κ2) is 8.50. The molecule has 0 saturated heterocycles. The summed E-state index contributed by atoms with van der Waals surface area (Å²) in [5.41, 5.74) is 3.40. The Bertz CT molecular complexity index is 1490. The number of amides is 1. The molecule has 1 fully saturated rings. The van der Waals surface area contributed by atoms with Crippen LogP contribution in [0.2, 0.25) is 0 Å². The second-order valence-electron chi connectivity index (χ2n) is 8.58. The third kappa shape index (κ3) is 3.88. The molecule has 1 amide bonds. The minimum absolute atomic E-state index is 0.175. The first-order chi connectivity index (χ1) is 16.7. The summed E-state index contributed by atoms with van der Waals surface area (Å²) in [5, 5.41) is 6.73. The number of rotatable bonds is 5. The zero-order valence-corrected chi connectivity index (χ0v) is 19.1. The highest BCUT2D eigenvalue weighted by Crippen LogP contribution is 2.56. The van der Waals surface area contributed by atoms with Crippen molar-refractivity contribution in [2.24, 2.45) is 0 Å². The molecule has 5 heteroatoms. The van der Waals surface area contributed by atoms with Crippen molar-refractivity contribution in [1.29, 1.82) is 0 Å². The van der Waals surface area contributed by atoms with Gasteiger partial charge in [-0.05, 0) is 59.0 Å². The lowest BCUT2D eigenvalue weighted by atomic mass is 10.0. The fourth-order valence-corrected chi connectivity index (χ4v) is 5.68. The van der Waals surface area contributed by atoms with Crippen LogP contribution in [0.3, 0.4) is 0 Å². The van der Waals surface area contributed by atoms with Crippen LogP contribution in [0.4, 0.5) is 9.39 Å². The molecule has 0 radical (unpaired) electrons. The fourth-order valence-electron chi connectivity index (χ4n) is 4.51. The second-order valence-corrected chi connectivity index (χ2v) is 9.61. The van der Waals surface area contributed by atoms with E-state index in [1.54, 1.807) is 12.1 Å². The summed E-state index contributed by atoms with van der Waals surface area (Å²) in [4.78, 5) is 18.3. The van der Waals surface area contributed by atoms with Gasteiger partial charge in [-0.3, -0.25) is 4.79 Å². The van der Waals surface area contributed by atoms with E-state index in [0.717, 1.165) is 27.8 Å². The van der Waals surface area contributed by atoms with Crippen molar-refractivity contribution in [1.82, 2.24) is 4.98 Å². The van der Waals surface area contributed by atoms with Gasteiger partial charge in [-0.1, -0.05) is 66.7 Å². The van der Waals surface area contributed by atoms with Crippen LogP contribution >= 0.6 is 11.3 Å². The summed E-state index contributed by atoms with van der Waals surface area (Å²) in [5.74, 6) is 0.294. The van der Waals surface area contributed by atoms with Crippen molar-refractivity contribution in [3.05, 3.63) is 119 Å². The summed E-state index contributed by atoms with van der Waals surface area (Å²) >= 11 is 1.52. The number of hydrogen-bond acceptors (Lipinski definition) is 3. The number of thiazole rings is 1. The normalized spacial score (nSPS) is 17.0. The summed E-state index contributed by atoms with van der Waals surface area (Å²) in [7, 11) is 0. The SMILES string of the molecule is O=C(Nc1sc(C2CC2c2ccccc2)nc1-c1ccc(F)cc1)c1cccc2ccccc12. The Morgan fingerprint density at radius 2 is 1.59 bits per heavy atom. The Morgan fingerprint density at radius 3 is 2.41 bits per heavy atom. The van der Waals surface area contributed by atoms with Crippen LogP contribution in [0.25, 0.3) is 22.0 Å². The number of anilines is 1. The van der Waals surface area contributed by atoms with E-state index in [-0.39, 0.29) is 11.7 Å². The molecule has 1 saturated carbocycles. The molecule has 1 N–H and O–H groups in total. The largest absolute Gasteiger partial charge is 0.312 e. The van der Waals surface area contributed by atoms with Gasteiger partial charge in [0.15, 0.2) is 0 Å². The molecule has 6 rings (SSSR count). The molecule has 3 nitrogen and oxygen atoms in total. The van der Waals surface area contributed by atoms with Crippen LogP contribution in [0.5, 0.6) is 0 Å². The van der Waals surface area contributed by atoms with Crippen LogP contribution in [0, 0.1) is 5.82 Å². The number of nitrogens with one attached hydrogen (secondary N) is 1. The highest BCUT2D eigenvalue weighted by molar-refractivity contribution is 7.16. The van der Waals surface area contributed by atoms with Gasteiger partial charge in [0.2, 0.25) is 0 Å². The molecule has 0 bridgehead atoms. The molecular weight excluding hydrogens is 443 g/mol. The lowest BCUT2D eigenvalue weighted by Gasteiger charge is -2.08. The van der Waals surface area contributed by atoms with Gasteiger partial charge in [-0.25, -0.2) is 9.37 Å². The van der Waals surface area contributed by atoms with E-state index in [2.05, 4.69) is 29.6 Å². The topological polar surface area (TPSA) is 42.0 Å². The van der Waals surface area contributed by atoms with Gasteiger partial charge < -0.3 is 5.32 Å². The number of nitrogens with zero attached hydrogens (tertiary/aromatic N) is 1. The average molecular weight is 465 g/mol. The summed E-state index contributed by atoms with van der Waals surface area (Å²) < 4.78 is 13.6. The Kier molecular flexibility index (Phi) is 5.19. The molecular formula is C29H21FN2OS. The van der Waals surface area contributed by atoms with Crippen molar-refractivity contribution < 1.29 is 9.18 Å². The Labute approximate surface area is 200 Å². The third-order valence-corrected chi connectivity index (χ3v) is 7.46. The smallest absolute Gasteiger partial charge is 0.256 e. The lowest BCUT2D eigenvalue weighted by Crippen LogP contribution is -2.12. The van der Waals surface area contributed by atoms with Crippen molar-refractivity contribution >= 4 is 33.0 Å². The van der Waals surface area contributed by atoms with E-state index in [1.165, 1.54) is 29.0 Å². The molecule has 2 unspecified atom stereocenters. The maximum atomic E-state index is 13.6. The number of halogens is 1. The van der Waals surface area contributed by atoms with Crippen molar-refractivity contribution in [3.8, 4) is 11.3 Å². The molecule has 5 aromatic rings. The van der Waals surface area contributed by atoms with Crippen molar-refractivity contribution in [2.75, 3.05) is 5.32 Å². The molecule has 2 atom stereocenters. The number of benzene rings is 4. The lowest BCUT2D eigenvalue weighted by molar-refractivity contribution is 0.102. The first kappa shape index (κ1) is 20.8. The zero-order valence-electron chi connectivity index (χ0n) is 18.2. The van der Waals surface area contributed by atoms with E-state index < -0.39 is 0 Å². The number of carbonyl (C=O) groups excluding carboxylic acids is 1. The fraction of sp³-hybridized carbons (Fsp3) is 0.103. The molecule has 0 spiro atoms. The van der Waals surface area contributed by atoms with Gasteiger partial charge in [-0.15, -0.1) is 11.3 Å². The van der Waals surface area contributed by atoms with E-state index in [1.807, 2.05) is 48.5 Å². The first-order valence-electron chi connectivity index (χ1n) is 11.3. The number of hydrogen-bond donors (Lipinski definition) is 1. The molecule has 1 aliphatic rings. The molecule has 1 heterocycles. The minimum Gasteiger partial charge on any atom is -0.312 e. The zero-order chi connectivity index (χ0) is 23.1. The number of aromatic nitrogens is 1. The third-order valence-electron chi connectivity index (χ3n) is 6.36. The Morgan fingerprint density at radius 1 is 0.853 bits per heavy atom. The van der Waals surface area contributed by atoms with Crippen LogP contribution in [0.1, 0.15) is 39.2 Å². The summed E-state index contributed by atoms with van der Waals surface area (Å²) in [6.07, 6.45) is 1.04. The first-order valence-corrected chi connectivity index (χ1v) is 12.1. The van der Waals surface area contributed by atoms with E-state index >= 15 is 0 Å². The van der Waals surface area contributed by atoms with Gasteiger partial charge in [0.05, 0.1) is 5.01 Å². The van der Waals surface area contributed by atoms with Gasteiger partial charge >= 0.3 is 0 Å². The average Bonchev–Trinajstić information content (AvgIpc) is 3.58. The van der Waals surface area contributed by atoms with E-state index in [0.29, 0.717) is 28.1 Å². The van der Waals surface area contributed by atoms with Crippen LogP contribution in [-0.2, 0) is 0 Å². The summed E-state index contributed by atoms with van der Waals surface area (Å²) in [6, 6.07) is 30.3. The molecule has 1 aromatic heterocycles. The minimum atomic E-state index is -0.299. The van der Waals surface area contributed by atoms with Crippen LogP contribution in [-0.4, -0.2) is 10.9 Å². The van der Waals surface area contributed by atoms with Crippen LogP contribution in [0.15, 0.2) is 97.1 Å². The molecule has 166 valence electrons. The van der Waals surface area contributed by atoms with Gasteiger partial charge in [0, 0.05) is 17.0 Å². The van der Waals surface area contributed by atoms with E-state index in [9.17, 15) is 9.18 Å². The maximum absolute atomic E-state index is 13.6. The molecule has 34 heavy (non-hydrogen) atoms. The number of carbonyl (C=O) groups is 1. The molecule has 1 aliphatic carbocycles. The highest BCUT2D eigenvalue weighted by Gasteiger charge is 2.42. The van der Waals surface area contributed by atoms with Crippen molar-refractivity contribution in [2.45, 2.75) is 18.3 Å². The Balaban J connectivity index is 1.36. The van der Waals surface area contributed by atoms with Gasteiger partial charge in [-0.2, -0.15) is 0 Å². The monoisotopic (exact) mass is 464 g/mol. The quantitative estimate of drug-likeness (QED) is 0.291. The van der Waals surface area contributed by atoms with E-state index in [4.69, 9.17) is 4.98 Å². The highest BCUT2D eigenvalue weighted by atomic mass is 32.1. The predicted octanol–water partition coefficient (Wildman–Crippen LogP) is 7.63. The maximum Gasteiger partial charge on any atom is 0.256 e. The molecule has 4 aromatic carbocycles. The van der Waals surface area contributed by atoms with Crippen molar-refractivity contribution in [3.63, 3.8) is 0 Å². The molecule has 0 aliphatic heterocycles. The van der Waals surface area contributed by atoms with Gasteiger partial charge in [0.25, 0.3) is 5.91 Å².